The maximum absolute atomic E-state index is 3.91. The minimum Gasteiger partial charge on any atom is -0.313 e. The molecule has 106 valence electrons. The zero-order chi connectivity index (χ0) is 12.8. The fourth-order valence-corrected chi connectivity index (χ4v) is 5.30. The molecule has 0 spiro atoms. The van der Waals surface area contributed by atoms with E-state index in [9.17, 15) is 0 Å². The summed E-state index contributed by atoms with van der Waals surface area (Å²) in [6, 6.07) is 0.804. The van der Waals surface area contributed by atoms with Crippen LogP contribution in [0.4, 0.5) is 0 Å². The van der Waals surface area contributed by atoms with Gasteiger partial charge in [-0.15, -0.1) is 0 Å². The second-order valence-corrected chi connectivity index (χ2v) is 7.76. The Balaban J connectivity index is 1.93. The molecule has 2 aliphatic rings. The standard InChI is InChI=1S/C16H31NS/c1-3-10-17-16(15-9-4-5-11-18-15)14-8-6-7-13(2)12-14/h13-17H,3-12H2,1-2H3. The topological polar surface area (TPSA) is 12.0 Å². The fraction of sp³-hybridized carbons (Fsp3) is 1.00. The predicted octanol–water partition coefficient (Wildman–Crippen LogP) is 4.47. The lowest BCUT2D eigenvalue weighted by Gasteiger charge is -2.39. The Bertz CT molecular complexity index is 225. The molecule has 1 aliphatic carbocycles. The number of hydrogen-bond acceptors (Lipinski definition) is 2. The Hall–Kier alpha value is 0.310. The van der Waals surface area contributed by atoms with Gasteiger partial charge in [-0.3, -0.25) is 0 Å². The largest absolute Gasteiger partial charge is 0.313 e. The highest BCUT2D eigenvalue weighted by atomic mass is 32.2. The normalized spacial score (nSPS) is 35.3. The fourth-order valence-electron chi connectivity index (χ4n) is 3.77. The van der Waals surface area contributed by atoms with Gasteiger partial charge in [0.1, 0.15) is 0 Å². The highest BCUT2D eigenvalue weighted by Gasteiger charge is 2.32. The van der Waals surface area contributed by atoms with Crippen LogP contribution in [0.3, 0.4) is 0 Å². The van der Waals surface area contributed by atoms with Gasteiger partial charge in [-0.25, -0.2) is 0 Å². The van der Waals surface area contributed by atoms with E-state index in [0.717, 1.165) is 23.1 Å². The zero-order valence-electron chi connectivity index (χ0n) is 12.3. The monoisotopic (exact) mass is 269 g/mol. The van der Waals surface area contributed by atoms with E-state index < -0.39 is 0 Å². The van der Waals surface area contributed by atoms with E-state index in [0.29, 0.717) is 0 Å². The molecule has 2 heteroatoms. The Morgan fingerprint density at radius 1 is 1.17 bits per heavy atom. The van der Waals surface area contributed by atoms with Crippen molar-refractivity contribution in [3.8, 4) is 0 Å². The van der Waals surface area contributed by atoms with Crippen LogP contribution in [0, 0.1) is 11.8 Å². The molecular formula is C16H31NS. The molecule has 1 N–H and O–H groups in total. The maximum Gasteiger partial charge on any atom is 0.0214 e. The zero-order valence-corrected chi connectivity index (χ0v) is 13.1. The van der Waals surface area contributed by atoms with Crippen molar-refractivity contribution in [3.05, 3.63) is 0 Å². The van der Waals surface area contributed by atoms with E-state index in [-0.39, 0.29) is 0 Å². The quantitative estimate of drug-likeness (QED) is 0.790. The Labute approximate surface area is 118 Å². The van der Waals surface area contributed by atoms with Crippen molar-refractivity contribution < 1.29 is 0 Å². The molecule has 1 saturated heterocycles. The molecule has 0 amide bonds. The molecule has 1 heterocycles. The van der Waals surface area contributed by atoms with Crippen LogP contribution in [0.15, 0.2) is 0 Å². The summed E-state index contributed by atoms with van der Waals surface area (Å²) in [6.45, 7) is 5.96. The summed E-state index contributed by atoms with van der Waals surface area (Å²) >= 11 is 2.25. The highest BCUT2D eigenvalue weighted by Crippen LogP contribution is 2.37. The first-order chi connectivity index (χ1) is 8.81. The number of hydrogen-bond donors (Lipinski definition) is 1. The summed E-state index contributed by atoms with van der Waals surface area (Å²) < 4.78 is 0. The number of thioether (sulfide) groups is 1. The average molecular weight is 269 g/mol. The van der Waals surface area contributed by atoms with Crippen LogP contribution in [-0.4, -0.2) is 23.6 Å². The summed E-state index contributed by atoms with van der Waals surface area (Å²) in [7, 11) is 0. The van der Waals surface area contributed by atoms with Crippen molar-refractivity contribution in [1.29, 1.82) is 0 Å². The van der Waals surface area contributed by atoms with Gasteiger partial charge in [0.25, 0.3) is 0 Å². The molecular weight excluding hydrogens is 238 g/mol. The van der Waals surface area contributed by atoms with Crippen LogP contribution in [-0.2, 0) is 0 Å². The minimum absolute atomic E-state index is 0.804. The van der Waals surface area contributed by atoms with Crippen LogP contribution in [0.25, 0.3) is 0 Å². The third-order valence-electron chi connectivity index (χ3n) is 4.73. The lowest BCUT2D eigenvalue weighted by atomic mass is 9.77. The third-order valence-corrected chi connectivity index (χ3v) is 6.21. The van der Waals surface area contributed by atoms with E-state index in [2.05, 4.69) is 30.9 Å². The van der Waals surface area contributed by atoms with Crippen LogP contribution >= 0.6 is 11.8 Å². The van der Waals surface area contributed by atoms with Gasteiger partial charge in [-0.05, 0) is 56.2 Å². The smallest absolute Gasteiger partial charge is 0.0214 e. The second kappa shape index (κ2) is 7.79. The summed E-state index contributed by atoms with van der Waals surface area (Å²) in [4.78, 5) is 0. The summed E-state index contributed by atoms with van der Waals surface area (Å²) in [5, 5.41) is 4.81. The van der Waals surface area contributed by atoms with Gasteiger partial charge >= 0.3 is 0 Å². The molecule has 0 radical (unpaired) electrons. The summed E-state index contributed by atoms with van der Waals surface area (Å²) in [5.74, 6) is 3.32. The van der Waals surface area contributed by atoms with Gasteiger partial charge < -0.3 is 5.32 Å². The van der Waals surface area contributed by atoms with Crippen LogP contribution < -0.4 is 5.32 Å². The minimum atomic E-state index is 0.804. The number of rotatable bonds is 5. The Morgan fingerprint density at radius 2 is 2.06 bits per heavy atom. The maximum atomic E-state index is 3.91. The van der Waals surface area contributed by atoms with E-state index in [1.165, 1.54) is 63.7 Å². The first-order valence-corrected chi connectivity index (χ1v) is 9.21. The first kappa shape index (κ1) is 14.7. The van der Waals surface area contributed by atoms with E-state index in [1.807, 2.05) is 0 Å². The van der Waals surface area contributed by atoms with E-state index in [4.69, 9.17) is 0 Å². The Kier molecular flexibility index (Phi) is 6.37. The molecule has 0 bridgehead atoms. The molecule has 18 heavy (non-hydrogen) atoms. The van der Waals surface area contributed by atoms with E-state index in [1.54, 1.807) is 0 Å². The van der Waals surface area contributed by atoms with Crippen molar-refractivity contribution in [1.82, 2.24) is 5.32 Å². The summed E-state index contributed by atoms with van der Waals surface area (Å²) in [6.07, 6.45) is 11.5. The van der Waals surface area contributed by atoms with Crippen molar-refractivity contribution in [2.45, 2.75) is 76.5 Å². The molecule has 1 aliphatic heterocycles. The average Bonchev–Trinajstić information content (AvgIpc) is 2.40. The molecule has 4 atom stereocenters. The van der Waals surface area contributed by atoms with Crippen LogP contribution in [0.5, 0.6) is 0 Å². The highest BCUT2D eigenvalue weighted by molar-refractivity contribution is 8.00. The molecule has 1 saturated carbocycles. The molecule has 2 fully saturated rings. The van der Waals surface area contributed by atoms with Crippen molar-refractivity contribution in [2.24, 2.45) is 11.8 Å². The number of nitrogens with one attached hydrogen (secondary N) is 1. The molecule has 1 nitrogen and oxygen atoms in total. The van der Waals surface area contributed by atoms with Gasteiger partial charge in [-0.2, -0.15) is 11.8 Å². The Morgan fingerprint density at radius 3 is 2.72 bits per heavy atom. The third kappa shape index (κ3) is 4.16. The van der Waals surface area contributed by atoms with Crippen LogP contribution in [0.1, 0.15) is 65.2 Å². The van der Waals surface area contributed by atoms with Gasteiger partial charge in [0.05, 0.1) is 0 Å². The van der Waals surface area contributed by atoms with Crippen LogP contribution in [0.2, 0.25) is 0 Å². The van der Waals surface area contributed by atoms with Crippen molar-refractivity contribution in [2.75, 3.05) is 12.3 Å². The van der Waals surface area contributed by atoms with Gasteiger partial charge in [-0.1, -0.05) is 33.1 Å². The first-order valence-electron chi connectivity index (χ1n) is 8.16. The van der Waals surface area contributed by atoms with Crippen molar-refractivity contribution in [3.63, 3.8) is 0 Å². The van der Waals surface area contributed by atoms with Gasteiger partial charge in [0.15, 0.2) is 0 Å². The van der Waals surface area contributed by atoms with E-state index >= 15 is 0 Å². The molecule has 0 aromatic heterocycles. The lowest BCUT2D eigenvalue weighted by molar-refractivity contribution is 0.215. The molecule has 0 aromatic rings. The summed E-state index contributed by atoms with van der Waals surface area (Å²) in [5.41, 5.74) is 0. The van der Waals surface area contributed by atoms with Gasteiger partial charge in [0.2, 0.25) is 0 Å². The molecule has 0 aromatic carbocycles. The molecule has 4 unspecified atom stereocenters. The second-order valence-electron chi connectivity index (χ2n) is 6.42. The lowest BCUT2D eigenvalue weighted by Crippen LogP contribution is -2.46. The SMILES string of the molecule is CCCNC(C1CCCC(C)C1)C1CCCCS1. The van der Waals surface area contributed by atoms with Gasteiger partial charge in [0, 0.05) is 11.3 Å². The van der Waals surface area contributed by atoms with Crippen molar-refractivity contribution >= 4 is 11.8 Å². The predicted molar refractivity (Wildman–Crippen MR) is 83.3 cm³/mol. The molecule has 2 rings (SSSR count).